The van der Waals surface area contributed by atoms with Gasteiger partial charge in [-0.3, -0.25) is 0 Å². The number of nitrogens with zero attached hydrogens (tertiary/aromatic N) is 4. The number of benzene rings is 1. The Bertz CT molecular complexity index is 635. The molecule has 2 heterocycles. The van der Waals surface area contributed by atoms with Crippen LogP contribution in [0.1, 0.15) is 44.1 Å². The Hall–Kier alpha value is -1.86. The molecule has 0 bridgehead atoms. The fraction of sp³-hybridized carbons (Fsp3) is 0.588. The van der Waals surface area contributed by atoms with Gasteiger partial charge < -0.3 is 9.64 Å². The minimum atomic E-state index is -0.231. The molecule has 7 heteroatoms. The van der Waals surface area contributed by atoms with Gasteiger partial charge in [-0.05, 0) is 61.4 Å². The zero-order chi connectivity index (χ0) is 16.9. The first-order chi connectivity index (χ1) is 11.7. The Balaban J connectivity index is 1.93. The zero-order valence-electron chi connectivity index (χ0n) is 14.3. The molecule has 0 aliphatic carbocycles. The van der Waals surface area contributed by atoms with Crippen LogP contribution in [0.25, 0.3) is 0 Å². The number of nitrogens with one attached hydrogen (secondary N) is 1. The topological polar surface area (TPSA) is 57.3 Å². The minimum Gasteiger partial charge on any atom is -0.376 e. The highest BCUT2D eigenvalue weighted by Gasteiger charge is 2.31. The molecule has 24 heavy (non-hydrogen) atoms. The van der Waals surface area contributed by atoms with E-state index in [-0.39, 0.29) is 18.0 Å². The average molecular weight is 334 g/mol. The smallest absolute Gasteiger partial charge is 0.214 e. The Morgan fingerprint density at radius 2 is 2.04 bits per heavy atom. The molecule has 6 nitrogen and oxygen atoms in total. The molecule has 1 fully saturated rings. The van der Waals surface area contributed by atoms with Gasteiger partial charge in [0, 0.05) is 12.2 Å². The number of hydrogen-bond acceptors (Lipinski definition) is 4. The number of aromatic nitrogens is 4. The van der Waals surface area contributed by atoms with Crippen molar-refractivity contribution < 1.29 is 14.0 Å². The second kappa shape index (κ2) is 7.81. The van der Waals surface area contributed by atoms with Crippen LogP contribution in [0.5, 0.6) is 0 Å². The van der Waals surface area contributed by atoms with Crippen LogP contribution in [-0.4, -0.2) is 46.0 Å². The van der Waals surface area contributed by atoms with Gasteiger partial charge in [-0.15, -0.1) is 5.10 Å². The molecular weight excluding hydrogens is 309 g/mol. The highest BCUT2D eigenvalue weighted by molar-refractivity contribution is 5.23. The molecule has 2 atom stereocenters. The van der Waals surface area contributed by atoms with Crippen LogP contribution in [0.15, 0.2) is 24.3 Å². The van der Waals surface area contributed by atoms with Gasteiger partial charge >= 0.3 is 0 Å². The first-order valence-electron chi connectivity index (χ1n) is 8.70. The third-order valence-electron chi connectivity index (χ3n) is 4.74. The summed E-state index contributed by atoms with van der Waals surface area (Å²) in [6.45, 7) is 7.63. The molecule has 3 rings (SSSR count). The van der Waals surface area contributed by atoms with Gasteiger partial charge in [-0.25, -0.2) is 9.07 Å². The first-order valence-corrected chi connectivity index (χ1v) is 8.70. The second-order valence-electron chi connectivity index (χ2n) is 6.20. The van der Waals surface area contributed by atoms with E-state index in [2.05, 4.69) is 29.4 Å². The summed E-state index contributed by atoms with van der Waals surface area (Å²) in [6, 6.07) is 6.64. The van der Waals surface area contributed by atoms with Crippen molar-refractivity contribution in [2.75, 3.05) is 19.7 Å². The Morgan fingerprint density at radius 1 is 1.29 bits per heavy atom. The number of tetrazole rings is 1. The van der Waals surface area contributed by atoms with Gasteiger partial charge in [0.05, 0.1) is 25.7 Å². The van der Waals surface area contributed by atoms with E-state index in [1.165, 1.54) is 17.0 Å². The van der Waals surface area contributed by atoms with Crippen LogP contribution in [0.3, 0.4) is 0 Å². The molecule has 1 aromatic heterocycles. The number of quaternary nitrogens is 1. The van der Waals surface area contributed by atoms with Crippen molar-refractivity contribution in [1.29, 1.82) is 0 Å². The lowest BCUT2D eigenvalue weighted by Crippen LogP contribution is -3.12. The van der Waals surface area contributed by atoms with Crippen LogP contribution in [0, 0.1) is 5.82 Å². The molecule has 0 saturated carbocycles. The van der Waals surface area contributed by atoms with Crippen LogP contribution in [0.4, 0.5) is 4.39 Å². The van der Waals surface area contributed by atoms with E-state index in [0.717, 1.165) is 43.9 Å². The number of ether oxygens (including phenoxy) is 1. The maximum absolute atomic E-state index is 13.3. The molecule has 0 spiro atoms. The number of hydrogen-bond donors (Lipinski definition) is 1. The summed E-state index contributed by atoms with van der Waals surface area (Å²) in [5.41, 5.74) is 1.03. The van der Waals surface area contributed by atoms with E-state index in [4.69, 9.17) is 4.74 Å². The molecular formula is C17H25FN5O+. The molecule has 0 unspecified atom stereocenters. The maximum atomic E-state index is 13.3. The van der Waals surface area contributed by atoms with E-state index in [9.17, 15) is 4.39 Å². The van der Waals surface area contributed by atoms with E-state index in [1.54, 1.807) is 0 Å². The van der Waals surface area contributed by atoms with Crippen molar-refractivity contribution in [2.24, 2.45) is 0 Å². The Morgan fingerprint density at radius 3 is 2.67 bits per heavy atom. The molecule has 1 aliphatic heterocycles. The van der Waals surface area contributed by atoms with Gasteiger partial charge in [0.15, 0.2) is 6.04 Å². The summed E-state index contributed by atoms with van der Waals surface area (Å²) in [7, 11) is 0. The van der Waals surface area contributed by atoms with Gasteiger partial charge in [0.2, 0.25) is 5.82 Å². The summed E-state index contributed by atoms with van der Waals surface area (Å²) in [4.78, 5) is 1.34. The molecule has 1 aliphatic rings. The Kier molecular flexibility index (Phi) is 5.52. The van der Waals surface area contributed by atoms with Crippen molar-refractivity contribution in [3.05, 3.63) is 41.5 Å². The summed E-state index contributed by atoms with van der Waals surface area (Å²) >= 11 is 0. The number of halogens is 1. The summed E-state index contributed by atoms with van der Waals surface area (Å²) < 4.78 is 20.9. The lowest BCUT2D eigenvalue weighted by molar-refractivity contribution is -0.923. The van der Waals surface area contributed by atoms with Crippen LogP contribution in [0.2, 0.25) is 0 Å². The zero-order valence-corrected chi connectivity index (χ0v) is 14.3. The third kappa shape index (κ3) is 3.62. The molecule has 1 aromatic carbocycles. The average Bonchev–Trinajstić information content (AvgIpc) is 3.26. The SMILES string of the molecule is CC[NH+](CC)[C@H](c1ccc(F)cc1)c1nnnn1C[C@@H]1CCCO1. The van der Waals surface area contributed by atoms with Crippen molar-refractivity contribution in [3.8, 4) is 0 Å². The van der Waals surface area contributed by atoms with Gasteiger partial charge in [-0.1, -0.05) is 0 Å². The monoisotopic (exact) mass is 334 g/mol. The minimum absolute atomic E-state index is 0.0167. The summed E-state index contributed by atoms with van der Waals surface area (Å²) in [5, 5.41) is 12.4. The summed E-state index contributed by atoms with van der Waals surface area (Å²) in [5.74, 6) is 0.585. The molecule has 0 amide bonds. The lowest BCUT2D eigenvalue weighted by atomic mass is 10.0. The van der Waals surface area contributed by atoms with Crippen molar-refractivity contribution >= 4 is 0 Å². The molecule has 1 saturated heterocycles. The first kappa shape index (κ1) is 17.0. The molecule has 0 radical (unpaired) electrons. The normalized spacial score (nSPS) is 19.1. The lowest BCUT2D eigenvalue weighted by Gasteiger charge is -2.26. The van der Waals surface area contributed by atoms with Crippen molar-refractivity contribution in [2.45, 2.75) is 45.4 Å². The molecule has 1 N–H and O–H groups in total. The van der Waals surface area contributed by atoms with Gasteiger partial charge in [0.25, 0.3) is 0 Å². The summed E-state index contributed by atoms with van der Waals surface area (Å²) in [6.07, 6.45) is 2.30. The van der Waals surface area contributed by atoms with E-state index >= 15 is 0 Å². The largest absolute Gasteiger partial charge is 0.376 e. The standard InChI is InChI=1S/C17H24FN5O/c1-3-22(4-2)16(13-7-9-14(18)10-8-13)17-19-20-21-23(17)12-15-6-5-11-24-15/h7-10,15-16H,3-6,11-12H2,1-2H3/p+1/t15-,16+/m0/s1. The van der Waals surface area contributed by atoms with Crippen molar-refractivity contribution in [3.63, 3.8) is 0 Å². The highest BCUT2D eigenvalue weighted by Crippen LogP contribution is 2.20. The predicted molar refractivity (Wildman–Crippen MR) is 87.1 cm³/mol. The van der Waals surface area contributed by atoms with Crippen LogP contribution < -0.4 is 4.90 Å². The highest BCUT2D eigenvalue weighted by atomic mass is 19.1. The fourth-order valence-electron chi connectivity index (χ4n) is 3.41. The molecule has 2 aromatic rings. The second-order valence-corrected chi connectivity index (χ2v) is 6.20. The van der Waals surface area contributed by atoms with Crippen LogP contribution in [-0.2, 0) is 11.3 Å². The van der Waals surface area contributed by atoms with Gasteiger partial charge in [0.1, 0.15) is 5.82 Å². The number of rotatable bonds is 7. The van der Waals surface area contributed by atoms with E-state index in [0.29, 0.717) is 6.54 Å². The quantitative estimate of drug-likeness (QED) is 0.821. The van der Waals surface area contributed by atoms with Gasteiger partial charge in [-0.2, -0.15) is 0 Å². The van der Waals surface area contributed by atoms with E-state index < -0.39 is 0 Å². The fourth-order valence-corrected chi connectivity index (χ4v) is 3.41. The van der Waals surface area contributed by atoms with E-state index in [1.807, 2.05) is 16.8 Å². The van der Waals surface area contributed by atoms with Crippen molar-refractivity contribution in [1.82, 2.24) is 20.2 Å². The third-order valence-corrected chi connectivity index (χ3v) is 4.74. The predicted octanol–water partition coefficient (Wildman–Crippen LogP) is 1.01. The maximum Gasteiger partial charge on any atom is 0.214 e. The van der Waals surface area contributed by atoms with Crippen LogP contribution >= 0.6 is 0 Å². The molecule has 130 valence electrons. The Labute approximate surface area is 141 Å².